The third kappa shape index (κ3) is 5.16. The van der Waals surface area contributed by atoms with Crippen molar-refractivity contribution in [3.63, 3.8) is 0 Å². The Bertz CT molecular complexity index is 420. The fourth-order valence-corrected chi connectivity index (χ4v) is 2.47. The summed E-state index contributed by atoms with van der Waals surface area (Å²) >= 11 is 1.62. The Morgan fingerprint density at radius 1 is 1.42 bits per heavy atom. The average molecular weight is 285 g/mol. The molecule has 0 aromatic carbocycles. The monoisotopic (exact) mass is 285 g/mol. The van der Waals surface area contributed by atoms with Gasteiger partial charge in [-0.25, -0.2) is 9.78 Å². The van der Waals surface area contributed by atoms with Crippen LogP contribution in [0, 0.1) is 19.8 Å². The zero-order valence-electron chi connectivity index (χ0n) is 12.0. The van der Waals surface area contributed by atoms with E-state index in [1.807, 2.05) is 27.7 Å². The van der Waals surface area contributed by atoms with Gasteiger partial charge in [0.15, 0.2) is 0 Å². The van der Waals surface area contributed by atoms with E-state index in [0.29, 0.717) is 6.54 Å². The van der Waals surface area contributed by atoms with Gasteiger partial charge in [-0.1, -0.05) is 20.3 Å². The lowest BCUT2D eigenvalue weighted by atomic mass is 10.0. The van der Waals surface area contributed by atoms with Crippen LogP contribution in [-0.2, 0) is 6.54 Å². The predicted octanol–water partition coefficient (Wildman–Crippen LogP) is 1.97. The molecule has 19 heavy (non-hydrogen) atoms. The molecule has 5 nitrogen and oxygen atoms in total. The normalized spacial score (nSPS) is 13.9. The van der Waals surface area contributed by atoms with Crippen molar-refractivity contribution in [3.8, 4) is 0 Å². The smallest absolute Gasteiger partial charge is 0.315 e. The zero-order valence-corrected chi connectivity index (χ0v) is 12.8. The van der Waals surface area contributed by atoms with Crippen LogP contribution in [-0.4, -0.2) is 28.8 Å². The molecule has 0 bridgehead atoms. The highest BCUT2D eigenvalue weighted by atomic mass is 32.1. The summed E-state index contributed by atoms with van der Waals surface area (Å²) in [6, 6.07) is -0.271. The van der Waals surface area contributed by atoms with Gasteiger partial charge in [-0.05, 0) is 19.8 Å². The second kappa shape index (κ2) is 7.45. The van der Waals surface area contributed by atoms with Crippen LogP contribution >= 0.6 is 11.3 Å². The van der Waals surface area contributed by atoms with Gasteiger partial charge in [0, 0.05) is 11.4 Å². The number of carbonyl (C=O) groups is 1. The second-order valence-electron chi connectivity index (χ2n) is 4.75. The highest BCUT2D eigenvalue weighted by molar-refractivity contribution is 7.11. The number of rotatable bonds is 6. The minimum atomic E-state index is -0.501. The van der Waals surface area contributed by atoms with Crippen molar-refractivity contribution >= 4 is 17.4 Å². The van der Waals surface area contributed by atoms with Crippen molar-refractivity contribution in [2.75, 3.05) is 6.54 Å². The lowest BCUT2D eigenvalue weighted by Crippen LogP contribution is -2.41. The van der Waals surface area contributed by atoms with Gasteiger partial charge >= 0.3 is 6.03 Å². The highest BCUT2D eigenvalue weighted by Gasteiger charge is 2.13. The molecule has 0 saturated carbocycles. The number of aliphatic hydroxyl groups excluding tert-OH is 1. The molecule has 3 N–H and O–H groups in total. The summed E-state index contributed by atoms with van der Waals surface area (Å²) in [7, 11) is 0. The Kier molecular flexibility index (Phi) is 6.24. The van der Waals surface area contributed by atoms with Crippen LogP contribution in [0.1, 0.15) is 35.8 Å². The van der Waals surface area contributed by atoms with Gasteiger partial charge in [-0.15, -0.1) is 11.3 Å². The van der Waals surface area contributed by atoms with Crippen LogP contribution in [0.3, 0.4) is 0 Å². The summed E-state index contributed by atoms with van der Waals surface area (Å²) in [4.78, 5) is 17.1. The van der Waals surface area contributed by atoms with Crippen LogP contribution in [0.2, 0.25) is 0 Å². The van der Waals surface area contributed by atoms with E-state index in [2.05, 4.69) is 15.6 Å². The highest BCUT2D eigenvalue weighted by Crippen LogP contribution is 2.15. The molecule has 0 aliphatic heterocycles. The van der Waals surface area contributed by atoms with Crippen LogP contribution in [0.15, 0.2) is 0 Å². The van der Waals surface area contributed by atoms with E-state index < -0.39 is 6.10 Å². The Hall–Kier alpha value is -1.14. The van der Waals surface area contributed by atoms with Gasteiger partial charge in [0.05, 0.1) is 23.4 Å². The van der Waals surface area contributed by atoms with Gasteiger partial charge < -0.3 is 15.7 Å². The quantitative estimate of drug-likeness (QED) is 0.748. The molecule has 1 rings (SSSR count). The Balaban J connectivity index is 2.30. The number of aryl methyl sites for hydroxylation is 2. The number of aliphatic hydroxyl groups is 1. The maximum absolute atomic E-state index is 11.6. The van der Waals surface area contributed by atoms with Gasteiger partial charge in [0.2, 0.25) is 0 Å². The fourth-order valence-electron chi connectivity index (χ4n) is 1.63. The summed E-state index contributed by atoms with van der Waals surface area (Å²) < 4.78 is 0. The Morgan fingerprint density at radius 3 is 2.63 bits per heavy atom. The molecule has 108 valence electrons. The molecule has 1 aromatic rings. The summed E-state index contributed by atoms with van der Waals surface area (Å²) in [6.07, 6.45) is 0.390. The maximum Gasteiger partial charge on any atom is 0.315 e. The van der Waals surface area contributed by atoms with Crippen LogP contribution in [0.25, 0.3) is 0 Å². The number of urea groups is 1. The summed E-state index contributed by atoms with van der Waals surface area (Å²) in [6.45, 7) is 8.61. The predicted molar refractivity (Wildman–Crippen MR) is 77.3 cm³/mol. The molecule has 0 radical (unpaired) electrons. The van der Waals surface area contributed by atoms with Crippen molar-refractivity contribution in [2.45, 2.75) is 46.8 Å². The summed E-state index contributed by atoms with van der Waals surface area (Å²) in [5.74, 6) is 0.184. The minimum absolute atomic E-state index is 0.184. The van der Waals surface area contributed by atoms with Crippen molar-refractivity contribution < 1.29 is 9.90 Å². The largest absolute Gasteiger partial charge is 0.391 e. The van der Waals surface area contributed by atoms with Gasteiger partial charge in [-0.3, -0.25) is 0 Å². The van der Waals surface area contributed by atoms with E-state index in [9.17, 15) is 9.90 Å². The third-order valence-corrected chi connectivity index (χ3v) is 4.12. The number of nitrogens with one attached hydrogen (secondary N) is 2. The number of aromatic nitrogens is 1. The molecule has 0 aliphatic carbocycles. The molecule has 2 atom stereocenters. The van der Waals surface area contributed by atoms with E-state index in [1.54, 1.807) is 11.3 Å². The fraction of sp³-hybridized carbons (Fsp3) is 0.692. The lowest BCUT2D eigenvalue weighted by Gasteiger charge is -2.17. The number of hydrogen-bond acceptors (Lipinski definition) is 4. The molecule has 2 amide bonds. The first-order valence-electron chi connectivity index (χ1n) is 6.56. The van der Waals surface area contributed by atoms with Crippen LogP contribution in [0.4, 0.5) is 4.79 Å². The van der Waals surface area contributed by atoms with E-state index in [4.69, 9.17) is 0 Å². The summed E-state index contributed by atoms with van der Waals surface area (Å²) in [5.41, 5.74) is 0.903. The van der Waals surface area contributed by atoms with E-state index in [0.717, 1.165) is 22.0 Å². The SMILES string of the molecule is CCC(C)C(O)CNC(=O)NCc1nc(C)sc1C. The number of carbonyl (C=O) groups excluding carboxylic acids is 1. The number of nitrogens with zero attached hydrogens (tertiary/aromatic N) is 1. The van der Waals surface area contributed by atoms with Crippen molar-refractivity contribution in [1.82, 2.24) is 15.6 Å². The molecular formula is C13H23N3O2S. The molecular weight excluding hydrogens is 262 g/mol. The first-order chi connectivity index (χ1) is 8.93. The molecule has 0 saturated heterocycles. The molecule has 1 heterocycles. The van der Waals surface area contributed by atoms with Crippen molar-refractivity contribution in [3.05, 3.63) is 15.6 Å². The van der Waals surface area contributed by atoms with Crippen LogP contribution in [0.5, 0.6) is 0 Å². The molecule has 1 aromatic heterocycles. The van der Waals surface area contributed by atoms with Crippen molar-refractivity contribution in [2.24, 2.45) is 5.92 Å². The Labute approximate surface area is 118 Å². The first-order valence-corrected chi connectivity index (χ1v) is 7.38. The van der Waals surface area contributed by atoms with Crippen molar-refractivity contribution in [1.29, 1.82) is 0 Å². The van der Waals surface area contributed by atoms with E-state index in [-0.39, 0.29) is 18.5 Å². The lowest BCUT2D eigenvalue weighted by molar-refractivity contribution is 0.114. The number of hydrogen-bond donors (Lipinski definition) is 3. The third-order valence-electron chi connectivity index (χ3n) is 3.19. The molecule has 0 fully saturated rings. The topological polar surface area (TPSA) is 74.2 Å². The van der Waals surface area contributed by atoms with Gasteiger partial charge in [0.1, 0.15) is 0 Å². The average Bonchev–Trinajstić information content (AvgIpc) is 2.70. The second-order valence-corrected chi connectivity index (χ2v) is 6.16. The minimum Gasteiger partial charge on any atom is -0.391 e. The number of amides is 2. The molecule has 6 heteroatoms. The summed E-state index contributed by atoms with van der Waals surface area (Å²) in [5, 5.41) is 16.2. The zero-order chi connectivity index (χ0) is 14.4. The van der Waals surface area contributed by atoms with E-state index in [1.165, 1.54) is 0 Å². The van der Waals surface area contributed by atoms with Crippen LogP contribution < -0.4 is 10.6 Å². The Morgan fingerprint density at radius 2 is 2.11 bits per heavy atom. The van der Waals surface area contributed by atoms with Gasteiger partial charge in [-0.2, -0.15) is 0 Å². The standard InChI is InChI=1S/C13H23N3O2S/c1-5-8(2)12(17)7-15-13(18)14-6-11-9(3)19-10(4)16-11/h8,12,17H,5-7H2,1-4H3,(H2,14,15,18). The van der Waals surface area contributed by atoms with E-state index >= 15 is 0 Å². The molecule has 0 aliphatic rings. The maximum atomic E-state index is 11.6. The molecule has 0 spiro atoms. The number of thiazole rings is 1. The van der Waals surface area contributed by atoms with Gasteiger partial charge in [0.25, 0.3) is 0 Å². The molecule has 2 unspecified atom stereocenters. The first kappa shape index (κ1) is 15.9.